The average molecular weight is 408 g/mol. The van der Waals surface area contributed by atoms with Gasteiger partial charge in [-0.15, -0.1) is 11.3 Å². The van der Waals surface area contributed by atoms with Crippen LogP contribution in [0.3, 0.4) is 0 Å². The van der Waals surface area contributed by atoms with Gasteiger partial charge in [0.05, 0.1) is 4.88 Å². The van der Waals surface area contributed by atoms with Crippen molar-refractivity contribution in [1.82, 2.24) is 15.5 Å². The third-order valence-corrected chi connectivity index (χ3v) is 5.66. The molecule has 6 nitrogen and oxygen atoms in total. The SMILES string of the molecule is CC(C)NC(=O)[C@@H](NC(=O)c1cccs1)C1CCN(C(=O)CC(C)(C)C)CC1. The maximum atomic E-state index is 12.8. The minimum Gasteiger partial charge on any atom is -0.352 e. The highest BCUT2D eigenvalue weighted by Gasteiger charge is 2.34. The van der Waals surface area contributed by atoms with Crippen LogP contribution in [0.15, 0.2) is 17.5 Å². The summed E-state index contributed by atoms with van der Waals surface area (Å²) in [6, 6.07) is 2.99. The molecule has 0 saturated carbocycles. The molecular weight excluding hydrogens is 374 g/mol. The normalized spacial score (nSPS) is 16.7. The van der Waals surface area contributed by atoms with Crippen LogP contribution in [0.2, 0.25) is 0 Å². The lowest BCUT2D eigenvalue weighted by Gasteiger charge is -2.37. The molecule has 2 heterocycles. The van der Waals surface area contributed by atoms with Crippen molar-refractivity contribution >= 4 is 29.1 Å². The first-order chi connectivity index (χ1) is 13.1. The summed E-state index contributed by atoms with van der Waals surface area (Å²) in [7, 11) is 0. The molecule has 1 aromatic heterocycles. The van der Waals surface area contributed by atoms with Crippen molar-refractivity contribution in [1.29, 1.82) is 0 Å². The van der Waals surface area contributed by atoms with Crippen LogP contribution in [0.5, 0.6) is 0 Å². The van der Waals surface area contributed by atoms with Gasteiger partial charge in [0.15, 0.2) is 0 Å². The summed E-state index contributed by atoms with van der Waals surface area (Å²) in [5, 5.41) is 7.70. The molecule has 0 bridgehead atoms. The Kier molecular flexibility index (Phi) is 7.63. The maximum Gasteiger partial charge on any atom is 0.262 e. The molecule has 0 aromatic carbocycles. The second-order valence-corrected chi connectivity index (χ2v) is 10.00. The monoisotopic (exact) mass is 407 g/mol. The van der Waals surface area contributed by atoms with Crippen LogP contribution >= 0.6 is 11.3 Å². The van der Waals surface area contributed by atoms with Crippen molar-refractivity contribution in [3.05, 3.63) is 22.4 Å². The number of thiophene rings is 1. The van der Waals surface area contributed by atoms with E-state index in [0.717, 1.165) is 0 Å². The Bertz CT molecular complexity index is 672. The molecule has 0 unspecified atom stereocenters. The van der Waals surface area contributed by atoms with E-state index in [4.69, 9.17) is 0 Å². The highest BCUT2D eigenvalue weighted by molar-refractivity contribution is 7.12. The van der Waals surface area contributed by atoms with Crippen LogP contribution in [-0.2, 0) is 9.59 Å². The number of rotatable bonds is 6. The van der Waals surface area contributed by atoms with E-state index in [1.54, 1.807) is 6.07 Å². The van der Waals surface area contributed by atoms with Gasteiger partial charge in [-0.2, -0.15) is 0 Å². The summed E-state index contributed by atoms with van der Waals surface area (Å²) in [6.07, 6.45) is 1.93. The molecule has 7 heteroatoms. The number of carbonyl (C=O) groups excluding carboxylic acids is 3. The maximum absolute atomic E-state index is 12.8. The molecular formula is C21H33N3O3S. The van der Waals surface area contributed by atoms with Gasteiger partial charge >= 0.3 is 0 Å². The van der Waals surface area contributed by atoms with Crippen molar-refractivity contribution in [2.75, 3.05) is 13.1 Å². The fourth-order valence-electron chi connectivity index (χ4n) is 3.44. The molecule has 1 fully saturated rings. The van der Waals surface area contributed by atoms with E-state index in [1.165, 1.54) is 11.3 Å². The zero-order valence-electron chi connectivity index (χ0n) is 17.6. The van der Waals surface area contributed by atoms with Gasteiger partial charge in [0, 0.05) is 25.6 Å². The second-order valence-electron chi connectivity index (χ2n) is 9.05. The van der Waals surface area contributed by atoms with Crippen molar-refractivity contribution in [3.63, 3.8) is 0 Å². The van der Waals surface area contributed by atoms with Crippen LogP contribution in [0.25, 0.3) is 0 Å². The van der Waals surface area contributed by atoms with Gasteiger partial charge in [-0.25, -0.2) is 0 Å². The van der Waals surface area contributed by atoms with E-state index < -0.39 is 6.04 Å². The smallest absolute Gasteiger partial charge is 0.262 e. The molecule has 1 aromatic rings. The molecule has 1 atom stereocenters. The molecule has 0 radical (unpaired) electrons. The van der Waals surface area contributed by atoms with Crippen LogP contribution in [0, 0.1) is 11.3 Å². The van der Waals surface area contributed by atoms with Gasteiger partial charge in [0.1, 0.15) is 6.04 Å². The number of piperidine rings is 1. The molecule has 2 N–H and O–H groups in total. The lowest BCUT2D eigenvalue weighted by Crippen LogP contribution is -2.54. The third kappa shape index (κ3) is 6.62. The van der Waals surface area contributed by atoms with Gasteiger partial charge in [-0.05, 0) is 49.5 Å². The Morgan fingerprint density at radius 3 is 2.32 bits per heavy atom. The first kappa shape index (κ1) is 22.4. The van der Waals surface area contributed by atoms with E-state index in [9.17, 15) is 14.4 Å². The number of carbonyl (C=O) groups is 3. The summed E-state index contributed by atoms with van der Waals surface area (Å²) >= 11 is 1.36. The van der Waals surface area contributed by atoms with E-state index in [2.05, 4.69) is 31.4 Å². The predicted octanol–water partition coefficient (Wildman–Crippen LogP) is 3.05. The highest BCUT2D eigenvalue weighted by Crippen LogP contribution is 2.25. The Morgan fingerprint density at radius 2 is 1.82 bits per heavy atom. The highest BCUT2D eigenvalue weighted by atomic mass is 32.1. The van der Waals surface area contributed by atoms with E-state index in [0.29, 0.717) is 37.2 Å². The van der Waals surface area contributed by atoms with Gasteiger partial charge in [-0.3, -0.25) is 14.4 Å². The van der Waals surface area contributed by atoms with Crippen molar-refractivity contribution < 1.29 is 14.4 Å². The largest absolute Gasteiger partial charge is 0.352 e. The molecule has 1 aliphatic rings. The molecule has 0 spiro atoms. The minimum atomic E-state index is -0.586. The standard InChI is InChI=1S/C21H33N3O3S/c1-14(2)22-20(27)18(23-19(26)16-7-6-12-28-16)15-8-10-24(11-9-15)17(25)13-21(3,4)5/h6-7,12,14-15,18H,8-11,13H2,1-5H3,(H,22,27)(H,23,26)/t18-/m0/s1. The first-order valence-corrected chi connectivity index (χ1v) is 10.9. The Hall–Kier alpha value is -1.89. The molecule has 156 valence electrons. The second kappa shape index (κ2) is 9.54. The Labute approximate surface area is 172 Å². The number of nitrogens with one attached hydrogen (secondary N) is 2. The summed E-state index contributed by atoms with van der Waals surface area (Å²) in [5.74, 6) is -0.192. The minimum absolute atomic E-state index is 0.00194. The quantitative estimate of drug-likeness (QED) is 0.761. The van der Waals surface area contributed by atoms with E-state index >= 15 is 0 Å². The average Bonchev–Trinajstić information content (AvgIpc) is 3.12. The fourth-order valence-corrected chi connectivity index (χ4v) is 4.07. The van der Waals surface area contributed by atoms with Gasteiger partial charge < -0.3 is 15.5 Å². The van der Waals surface area contributed by atoms with Gasteiger partial charge in [0.2, 0.25) is 11.8 Å². The summed E-state index contributed by atoms with van der Waals surface area (Å²) < 4.78 is 0. The van der Waals surface area contributed by atoms with Crippen LogP contribution in [0.1, 0.15) is 63.6 Å². The molecule has 0 aliphatic carbocycles. The lowest BCUT2D eigenvalue weighted by atomic mass is 9.87. The van der Waals surface area contributed by atoms with Gasteiger partial charge in [0.25, 0.3) is 5.91 Å². The molecule has 1 saturated heterocycles. The Balaban J connectivity index is 2.02. The number of hydrogen-bond donors (Lipinski definition) is 2. The van der Waals surface area contributed by atoms with Crippen LogP contribution < -0.4 is 10.6 Å². The van der Waals surface area contributed by atoms with Crippen LogP contribution in [-0.4, -0.2) is 47.8 Å². The number of hydrogen-bond acceptors (Lipinski definition) is 4. The van der Waals surface area contributed by atoms with Crippen molar-refractivity contribution in [3.8, 4) is 0 Å². The number of nitrogens with zero attached hydrogens (tertiary/aromatic N) is 1. The van der Waals surface area contributed by atoms with Crippen LogP contribution in [0.4, 0.5) is 0 Å². The molecule has 2 rings (SSSR count). The first-order valence-electron chi connectivity index (χ1n) is 9.99. The molecule has 3 amide bonds. The van der Waals surface area contributed by atoms with Gasteiger partial charge in [-0.1, -0.05) is 26.8 Å². The predicted molar refractivity (Wildman–Crippen MR) is 112 cm³/mol. The fraction of sp³-hybridized carbons (Fsp3) is 0.667. The number of likely N-dealkylation sites (tertiary alicyclic amines) is 1. The van der Waals surface area contributed by atoms with Crippen molar-refractivity contribution in [2.24, 2.45) is 11.3 Å². The summed E-state index contributed by atoms with van der Waals surface area (Å²) in [4.78, 5) is 40.3. The Morgan fingerprint density at radius 1 is 1.18 bits per heavy atom. The number of amides is 3. The van der Waals surface area contributed by atoms with E-state index in [-0.39, 0.29) is 35.1 Å². The topological polar surface area (TPSA) is 78.5 Å². The summed E-state index contributed by atoms with van der Waals surface area (Å²) in [6.45, 7) is 11.2. The molecule has 28 heavy (non-hydrogen) atoms. The lowest BCUT2D eigenvalue weighted by molar-refractivity contribution is -0.134. The van der Waals surface area contributed by atoms with Crippen molar-refractivity contribution in [2.45, 2.75) is 66.0 Å². The van der Waals surface area contributed by atoms with E-state index in [1.807, 2.05) is 30.2 Å². The molecule has 1 aliphatic heterocycles. The summed E-state index contributed by atoms with van der Waals surface area (Å²) in [5.41, 5.74) is -0.0394. The zero-order chi connectivity index (χ0) is 20.9. The zero-order valence-corrected chi connectivity index (χ0v) is 18.4. The third-order valence-electron chi connectivity index (χ3n) is 4.79.